The molecule has 1 atom stereocenters. The summed E-state index contributed by atoms with van der Waals surface area (Å²) in [6.07, 6.45) is 8.80. The Labute approximate surface area is 254 Å². The number of allylic oxidation sites excluding steroid dienone is 5. The summed E-state index contributed by atoms with van der Waals surface area (Å²) in [7, 11) is 4.03. The van der Waals surface area contributed by atoms with Crippen molar-refractivity contribution in [2.45, 2.75) is 107 Å². The van der Waals surface area contributed by atoms with Gasteiger partial charge in [-0.15, -0.1) is 0 Å². The highest BCUT2D eigenvalue weighted by atomic mass is 15.1. The van der Waals surface area contributed by atoms with E-state index in [2.05, 4.69) is 107 Å². The van der Waals surface area contributed by atoms with Gasteiger partial charge in [0.25, 0.3) is 0 Å². The predicted octanol–water partition coefficient (Wildman–Crippen LogP) is 8.85. The highest BCUT2D eigenvalue weighted by Gasteiger charge is 2.14. The fourth-order valence-electron chi connectivity index (χ4n) is 3.37. The van der Waals surface area contributed by atoms with Crippen LogP contribution >= 0.6 is 0 Å². The van der Waals surface area contributed by atoms with Gasteiger partial charge in [-0.2, -0.15) is 0 Å². The van der Waals surface area contributed by atoms with Crippen molar-refractivity contribution in [3.8, 4) is 0 Å². The normalized spacial score (nSPS) is 12.2. The molecule has 0 amide bonds. The lowest BCUT2D eigenvalue weighted by Crippen LogP contribution is -2.38. The Morgan fingerprint density at radius 2 is 1.49 bits per heavy atom. The fraction of sp³-hybridized carbons (Fsp3) is 0.556. The third kappa shape index (κ3) is 19.9. The molecule has 1 unspecified atom stereocenters. The maximum atomic E-state index is 4.80. The van der Waals surface area contributed by atoms with Crippen LogP contribution in [0.4, 0.5) is 5.82 Å². The van der Waals surface area contributed by atoms with Gasteiger partial charge >= 0.3 is 0 Å². The first-order chi connectivity index (χ1) is 19.3. The summed E-state index contributed by atoms with van der Waals surface area (Å²) in [4.78, 5) is 11.4. The minimum Gasteiger partial charge on any atom is -0.363 e. The van der Waals surface area contributed by atoms with Gasteiger partial charge in [0, 0.05) is 62.0 Å². The number of rotatable bonds is 10. The van der Waals surface area contributed by atoms with E-state index in [9.17, 15) is 0 Å². The average molecular weight is 566 g/mol. The minimum atomic E-state index is 0.132. The molecule has 0 saturated heterocycles. The van der Waals surface area contributed by atoms with Crippen LogP contribution in [0.5, 0.6) is 0 Å². The molecule has 0 spiro atoms. The second kappa shape index (κ2) is 21.9. The summed E-state index contributed by atoms with van der Waals surface area (Å²) in [5.41, 5.74) is 4.70. The average Bonchev–Trinajstić information content (AvgIpc) is 2.94. The molecule has 0 radical (unpaired) electrons. The largest absolute Gasteiger partial charge is 0.363 e. The number of nitrogens with zero attached hydrogens (tertiary/aromatic N) is 3. The van der Waals surface area contributed by atoms with E-state index in [1.807, 2.05) is 71.8 Å². The molecule has 232 valence electrons. The molecule has 2 aromatic rings. The topological polar surface area (TPSA) is 53.1 Å². The molecule has 0 aromatic carbocycles. The van der Waals surface area contributed by atoms with Gasteiger partial charge in [-0.05, 0) is 78.3 Å². The summed E-state index contributed by atoms with van der Waals surface area (Å²) in [6.45, 7) is 30.9. The van der Waals surface area contributed by atoms with Crippen LogP contribution in [0.2, 0.25) is 0 Å². The van der Waals surface area contributed by atoms with Crippen LogP contribution in [0, 0.1) is 0 Å². The van der Waals surface area contributed by atoms with Crippen molar-refractivity contribution in [2.75, 3.05) is 32.1 Å². The highest BCUT2D eigenvalue weighted by molar-refractivity contribution is 5.71. The second-order valence-corrected chi connectivity index (χ2v) is 11.6. The monoisotopic (exact) mass is 566 g/mol. The highest BCUT2D eigenvalue weighted by Crippen LogP contribution is 2.19. The van der Waals surface area contributed by atoms with E-state index in [4.69, 9.17) is 4.98 Å². The molecule has 2 N–H and O–H groups in total. The van der Waals surface area contributed by atoms with Gasteiger partial charge in [-0.1, -0.05) is 77.6 Å². The molecule has 0 aliphatic carbocycles. The van der Waals surface area contributed by atoms with Gasteiger partial charge < -0.3 is 15.5 Å². The Morgan fingerprint density at radius 1 is 0.902 bits per heavy atom. The first-order valence-electron chi connectivity index (χ1n) is 15.3. The first kappa shape index (κ1) is 40.4. The molecular weight excluding hydrogens is 502 g/mol. The lowest BCUT2D eigenvalue weighted by atomic mass is 10.0. The molecule has 2 heterocycles. The van der Waals surface area contributed by atoms with Gasteiger partial charge in [0.15, 0.2) is 0 Å². The Kier molecular flexibility index (Phi) is 21.6. The van der Waals surface area contributed by atoms with Crippen LogP contribution in [0.3, 0.4) is 0 Å². The van der Waals surface area contributed by atoms with E-state index in [1.165, 1.54) is 0 Å². The zero-order valence-electron chi connectivity index (χ0n) is 29.0. The van der Waals surface area contributed by atoms with Crippen LogP contribution in [0.15, 0.2) is 67.3 Å². The van der Waals surface area contributed by atoms with Gasteiger partial charge in [0.2, 0.25) is 0 Å². The molecule has 41 heavy (non-hydrogen) atoms. The summed E-state index contributed by atoms with van der Waals surface area (Å²) in [5.74, 6) is 1.40. The maximum absolute atomic E-state index is 4.80. The van der Waals surface area contributed by atoms with Gasteiger partial charge in [-0.25, -0.2) is 4.98 Å². The summed E-state index contributed by atoms with van der Waals surface area (Å²) in [5, 5.41) is 7.00. The number of anilines is 1. The van der Waals surface area contributed by atoms with Gasteiger partial charge in [0.1, 0.15) is 5.82 Å². The summed E-state index contributed by atoms with van der Waals surface area (Å²) < 4.78 is 0. The molecule has 0 aliphatic rings. The van der Waals surface area contributed by atoms with Crippen LogP contribution in [0.25, 0.3) is 5.57 Å². The molecule has 0 saturated carbocycles. The van der Waals surface area contributed by atoms with E-state index < -0.39 is 0 Å². The molecule has 0 fully saturated rings. The molecule has 0 bridgehead atoms. The van der Waals surface area contributed by atoms with Crippen molar-refractivity contribution in [3.63, 3.8) is 0 Å². The Bertz CT molecular complexity index is 1010. The Morgan fingerprint density at radius 3 is 2.00 bits per heavy atom. The molecule has 2 rings (SSSR count). The van der Waals surface area contributed by atoms with Crippen molar-refractivity contribution >= 4 is 11.4 Å². The molecule has 5 heteroatoms. The van der Waals surface area contributed by atoms with Crippen LogP contribution < -0.4 is 15.5 Å². The molecular formula is C36H63N5. The SMILES string of the molecule is C=C/C=C\C(=C/C)c1cccc(C(C)CNC(C)(C)C)n1.CC.CC.CN(C)c1cccc(CCNC(C)(C)C)n1. The zero-order valence-corrected chi connectivity index (χ0v) is 29.0. The number of nitrogens with one attached hydrogen (secondary N) is 2. The third-order valence-corrected chi connectivity index (χ3v) is 5.52. The summed E-state index contributed by atoms with van der Waals surface area (Å²) >= 11 is 0. The minimum absolute atomic E-state index is 0.132. The van der Waals surface area contributed by atoms with Crippen LogP contribution in [0.1, 0.15) is 106 Å². The van der Waals surface area contributed by atoms with E-state index in [0.717, 1.165) is 48.0 Å². The number of aromatic nitrogens is 2. The number of pyridine rings is 2. The van der Waals surface area contributed by atoms with E-state index in [1.54, 1.807) is 6.08 Å². The number of hydrogen-bond donors (Lipinski definition) is 2. The zero-order chi connectivity index (χ0) is 32.1. The van der Waals surface area contributed by atoms with Crippen LogP contribution in [-0.2, 0) is 6.42 Å². The van der Waals surface area contributed by atoms with Crippen LogP contribution in [-0.4, -0.2) is 48.2 Å². The first-order valence-corrected chi connectivity index (χ1v) is 15.3. The maximum Gasteiger partial charge on any atom is 0.128 e. The number of hydrogen-bond acceptors (Lipinski definition) is 5. The molecule has 5 nitrogen and oxygen atoms in total. The van der Waals surface area contributed by atoms with Crippen molar-refractivity contribution in [1.82, 2.24) is 20.6 Å². The van der Waals surface area contributed by atoms with E-state index in [0.29, 0.717) is 5.92 Å². The Hall–Kier alpha value is -2.76. The predicted molar refractivity (Wildman–Crippen MR) is 186 cm³/mol. The Balaban J connectivity index is 0. The molecule has 0 aliphatic heterocycles. The fourth-order valence-corrected chi connectivity index (χ4v) is 3.37. The van der Waals surface area contributed by atoms with Crippen molar-refractivity contribution < 1.29 is 0 Å². The smallest absolute Gasteiger partial charge is 0.128 e. The van der Waals surface area contributed by atoms with E-state index >= 15 is 0 Å². The van der Waals surface area contributed by atoms with Crippen molar-refractivity contribution in [3.05, 3.63) is 84.4 Å². The van der Waals surface area contributed by atoms with E-state index in [-0.39, 0.29) is 11.1 Å². The lowest BCUT2D eigenvalue weighted by molar-refractivity contribution is 0.410. The second-order valence-electron chi connectivity index (χ2n) is 11.6. The summed E-state index contributed by atoms with van der Waals surface area (Å²) in [6, 6.07) is 12.4. The van der Waals surface area contributed by atoms with Crippen molar-refractivity contribution in [2.24, 2.45) is 0 Å². The quantitative estimate of drug-likeness (QED) is 0.282. The van der Waals surface area contributed by atoms with Crippen molar-refractivity contribution in [1.29, 1.82) is 0 Å². The lowest BCUT2D eigenvalue weighted by Gasteiger charge is -2.23. The molecule has 2 aromatic heterocycles. The van der Waals surface area contributed by atoms with Gasteiger partial charge in [0.05, 0.1) is 5.69 Å². The standard InChI is InChI=1S/C19H28N2.C13H23N3.2C2H6/c1-7-9-11-16(8-2)18-13-10-12-17(21-18)15(3)14-20-19(4,5)6;1-13(2,3)14-10-9-11-7-6-8-12(15-11)16(4)5;2*1-2/h7-13,15,20H,1,14H2,2-6H3;6-8,14H,9-10H2,1-5H3;2*1-2H3/b11-9-,16-8+;;;. The van der Waals surface area contributed by atoms with Gasteiger partial charge in [-0.3, -0.25) is 4.98 Å². The third-order valence-electron chi connectivity index (χ3n) is 5.52.